The van der Waals surface area contributed by atoms with E-state index in [9.17, 15) is 0 Å². The van der Waals surface area contributed by atoms with Gasteiger partial charge in [-0.2, -0.15) is 0 Å². The van der Waals surface area contributed by atoms with Crippen LogP contribution in [0.15, 0.2) is 24.3 Å². The van der Waals surface area contributed by atoms with E-state index in [0.29, 0.717) is 0 Å². The van der Waals surface area contributed by atoms with Gasteiger partial charge in [-0.1, -0.05) is 0 Å². The molecule has 2 aromatic rings. The van der Waals surface area contributed by atoms with Gasteiger partial charge in [0.15, 0.2) is 0 Å². The molecule has 1 aliphatic heterocycles. The summed E-state index contributed by atoms with van der Waals surface area (Å²) >= 11 is 0.162. The SMILES string of the molecule is c1ccc2nc3c(nc2c1)C[Te]C3. The average molecular weight is 284 g/mol. The zero-order chi connectivity index (χ0) is 8.67. The molecule has 0 amide bonds. The van der Waals surface area contributed by atoms with Crippen molar-refractivity contribution < 1.29 is 0 Å². The molecular weight excluding hydrogens is 276 g/mol. The molecule has 3 rings (SSSR count). The molecule has 0 unspecified atom stereocenters. The molecule has 0 radical (unpaired) electrons. The van der Waals surface area contributed by atoms with Crippen LogP contribution < -0.4 is 0 Å². The fourth-order valence-corrected chi connectivity index (χ4v) is 4.26. The van der Waals surface area contributed by atoms with E-state index in [0.717, 1.165) is 11.0 Å². The first kappa shape index (κ1) is 7.73. The molecule has 0 fully saturated rings. The summed E-state index contributed by atoms with van der Waals surface area (Å²) in [7, 11) is 0. The summed E-state index contributed by atoms with van der Waals surface area (Å²) in [6, 6.07) is 8.13. The predicted molar refractivity (Wildman–Crippen MR) is 52.7 cm³/mol. The van der Waals surface area contributed by atoms with Crippen LogP contribution in [0.5, 0.6) is 0 Å². The Morgan fingerprint density at radius 3 is 2.00 bits per heavy atom. The zero-order valence-corrected chi connectivity index (χ0v) is 9.36. The number of nitrogens with zero attached hydrogens (tertiary/aromatic N) is 2. The van der Waals surface area contributed by atoms with Gasteiger partial charge in [-0.25, -0.2) is 0 Å². The van der Waals surface area contributed by atoms with E-state index in [1.54, 1.807) is 0 Å². The van der Waals surface area contributed by atoms with Gasteiger partial charge in [0.1, 0.15) is 0 Å². The third-order valence-electron chi connectivity index (χ3n) is 2.20. The summed E-state index contributed by atoms with van der Waals surface area (Å²) in [4.78, 5) is 9.25. The van der Waals surface area contributed by atoms with Crippen molar-refractivity contribution in [2.45, 2.75) is 8.94 Å². The van der Waals surface area contributed by atoms with Gasteiger partial charge in [0.2, 0.25) is 0 Å². The fraction of sp³-hybridized carbons (Fsp3) is 0.200. The summed E-state index contributed by atoms with van der Waals surface area (Å²) in [6.45, 7) is 0. The van der Waals surface area contributed by atoms with Crippen molar-refractivity contribution in [1.29, 1.82) is 0 Å². The van der Waals surface area contributed by atoms with Gasteiger partial charge < -0.3 is 0 Å². The number of fused-ring (bicyclic) bond motifs is 2. The maximum absolute atomic E-state index is 4.63. The van der Waals surface area contributed by atoms with Crippen LogP contribution in [0.2, 0.25) is 0 Å². The van der Waals surface area contributed by atoms with Gasteiger partial charge in [0, 0.05) is 0 Å². The Balaban J connectivity index is 2.36. The Labute approximate surface area is 86.5 Å². The molecule has 13 heavy (non-hydrogen) atoms. The van der Waals surface area contributed by atoms with Gasteiger partial charge in [0.05, 0.1) is 0 Å². The average Bonchev–Trinajstić information content (AvgIpc) is 2.61. The molecule has 1 aromatic carbocycles. The molecule has 0 saturated carbocycles. The Kier molecular flexibility index (Phi) is 1.74. The maximum atomic E-state index is 4.63. The molecule has 0 aliphatic carbocycles. The first-order chi connectivity index (χ1) is 6.43. The van der Waals surface area contributed by atoms with Crippen molar-refractivity contribution in [1.82, 2.24) is 9.97 Å². The quantitative estimate of drug-likeness (QED) is 0.682. The summed E-state index contributed by atoms with van der Waals surface area (Å²) < 4.78 is 2.47. The first-order valence-corrected chi connectivity index (χ1v) is 7.55. The number of para-hydroxylation sites is 2. The fourth-order valence-electron chi connectivity index (χ4n) is 1.55. The van der Waals surface area contributed by atoms with E-state index in [1.165, 1.54) is 20.3 Å². The van der Waals surface area contributed by atoms with Crippen LogP contribution in [0.25, 0.3) is 11.0 Å². The molecule has 64 valence electrons. The topological polar surface area (TPSA) is 25.8 Å². The predicted octanol–water partition coefficient (Wildman–Crippen LogP) is 1.35. The van der Waals surface area contributed by atoms with Crippen molar-refractivity contribution >= 4 is 32.0 Å². The van der Waals surface area contributed by atoms with Crippen molar-refractivity contribution in [2.75, 3.05) is 0 Å². The van der Waals surface area contributed by atoms with Crippen LogP contribution in [0, 0.1) is 0 Å². The molecule has 0 spiro atoms. The Morgan fingerprint density at radius 1 is 0.923 bits per heavy atom. The van der Waals surface area contributed by atoms with E-state index in [2.05, 4.69) is 9.97 Å². The zero-order valence-electron chi connectivity index (χ0n) is 7.03. The monoisotopic (exact) mass is 286 g/mol. The molecule has 0 N–H and O–H groups in total. The van der Waals surface area contributed by atoms with Crippen LogP contribution in [0.3, 0.4) is 0 Å². The summed E-state index contributed by atoms with van der Waals surface area (Å²) in [5.41, 5.74) is 4.63. The molecule has 2 heterocycles. The Hall–Kier alpha value is -0.650. The van der Waals surface area contributed by atoms with E-state index in [1.807, 2.05) is 24.3 Å². The second kappa shape index (κ2) is 2.94. The van der Waals surface area contributed by atoms with E-state index >= 15 is 0 Å². The van der Waals surface area contributed by atoms with Gasteiger partial charge >= 0.3 is 86.5 Å². The van der Waals surface area contributed by atoms with Gasteiger partial charge in [-0.3, -0.25) is 0 Å². The van der Waals surface area contributed by atoms with Crippen LogP contribution >= 0.6 is 0 Å². The molecule has 1 aromatic heterocycles. The second-order valence-electron chi connectivity index (χ2n) is 3.10. The molecule has 1 aliphatic rings. The molecule has 0 bridgehead atoms. The summed E-state index contributed by atoms with van der Waals surface area (Å²) in [5, 5.41) is 0. The molecule has 2 nitrogen and oxygen atoms in total. The van der Waals surface area contributed by atoms with Gasteiger partial charge in [0.25, 0.3) is 0 Å². The van der Waals surface area contributed by atoms with Crippen LogP contribution in [0.1, 0.15) is 11.4 Å². The van der Waals surface area contributed by atoms with Crippen LogP contribution in [-0.4, -0.2) is 30.9 Å². The summed E-state index contributed by atoms with van der Waals surface area (Å²) in [6.07, 6.45) is 0. The normalized spacial score (nSPS) is 14.8. The molecule has 0 saturated heterocycles. The van der Waals surface area contributed by atoms with E-state index < -0.39 is 0 Å². The van der Waals surface area contributed by atoms with Crippen LogP contribution in [0.4, 0.5) is 0 Å². The number of hydrogen-bond acceptors (Lipinski definition) is 2. The van der Waals surface area contributed by atoms with Gasteiger partial charge in [-0.05, 0) is 0 Å². The van der Waals surface area contributed by atoms with Crippen LogP contribution in [-0.2, 0) is 8.94 Å². The second-order valence-corrected chi connectivity index (χ2v) is 5.91. The third kappa shape index (κ3) is 1.23. The van der Waals surface area contributed by atoms with Crippen molar-refractivity contribution in [3.05, 3.63) is 35.7 Å². The Morgan fingerprint density at radius 2 is 1.46 bits per heavy atom. The van der Waals surface area contributed by atoms with E-state index in [4.69, 9.17) is 0 Å². The van der Waals surface area contributed by atoms with E-state index in [-0.39, 0.29) is 20.9 Å². The number of hydrogen-bond donors (Lipinski definition) is 0. The third-order valence-corrected chi connectivity index (χ3v) is 4.93. The standard InChI is InChI=1S/C10H8N2Te/c1-2-4-8-7(3-1)11-9-5-13-6-10(9)12-8/h1-4H,5-6H2. The number of aromatic nitrogens is 2. The minimum absolute atomic E-state index is 0.162. The number of benzene rings is 1. The molecular formula is C10H8N2Te. The first-order valence-electron chi connectivity index (χ1n) is 4.26. The Bertz CT molecular complexity index is 425. The minimum atomic E-state index is 0.162. The van der Waals surface area contributed by atoms with Crippen molar-refractivity contribution in [3.63, 3.8) is 0 Å². The molecule has 0 atom stereocenters. The van der Waals surface area contributed by atoms with Crippen molar-refractivity contribution in [2.24, 2.45) is 0 Å². The number of rotatable bonds is 0. The summed E-state index contributed by atoms with van der Waals surface area (Å²) in [5.74, 6) is 0. The van der Waals surface area contributed by atoms with Crippen molar-refractivity contribution in [3.8, 4) is 0 Å². The van der Waals surface area contributed by atoms with Gasteiger partial charge in [-0.15, -0.1) is 0 Å². The molecule has 3 heteroatoms.